The number of aryl methyl sites for hydroxylation is 2. The van der Waals surface area contributed by atoms with Gasteiger partial charge in [0.15, 0.2) is 5.78 Å². The van der Waals surface area contributed by atoms with Crippen molar-refractivity contribution in [2.24, 2.45) is 0 Å². The molecule has 0 atom stereocenters. The number of nitrogens with two attached hydrogens (primary N) is 1. The van der Waals surface area contributed by atoms with E-state index in [4.69, 9.17) is 17.3 Å². The fourth-order valence-electron chi connectivity index (χ4n) is 2.42. The minimum absolute atomic E-state index is 0.0656. The third kappa shape index (κ3) is 2.32. The van der Waals surface area contributed by atoms with Crippen molar-refractivity contribution in [3.63, 3.8) is 0 Å². The number of anilines is 1. The zero-order valence-corrected chi connectivity index (χ0v) is 12.9. The molecule has 20 heavy (non-hydrogen) atoms. The topological polar surface area (TPSA) is 43.1 Å². The van der Waals surface area contributed by atoms with Gasteiger partial charge in [0, 0.05) is 11.1 Å². The molecular formula is C17H18ClNO. The Balaban J connectivity index is 2.69. The molecule has 104 valence electrons. The average Bonchev–Trinajstić information content (AvgIpc) is 2.40. The molecule has 2 nitrogen and oxygen atoms in total. The monoisotopic (exact) mass is 287 g/mol. The summed E-state index contributed by atoms with van der Waals surface area (Å²) in [6, 6.07) is 7.27. The lowest BCUT2D eigenvalue weighted by atomic mass is 9.89. The van der Waals surface area contributed by atoms with E-state index in [0.29, 0.717) is 16.3 Å². The van der Waals surface area contributed by atoms with Crippen molar-refractivity contribution in [2.75, 3.05) is 5.73 Å². The molecular weight excluding hydrogens is 270 g/mol. The second-order valence-electron chi connectivity index (χ2n) is 5.17. The quantitative estimate of drug-likeness (QED) is 0.658. The lowest BCUT2D eigenvalue weighted by Gasteiger charge is -2.15. The van der Waals surface area contributed by atoms with Crippen LogP contribution < -0.4 is 5.73 Å². The van der Waals surface area contributed by atoms with Crippen LogP contribution in [0.5, 0.6) is 0 Å². The van der Waals surface area contributed by atoms with Crippen molar-refractivity contribution in [1.29, 1.82) is 0 Å². The summed E-state index contributed by atoms with van der Waals surface area (Å²) in [5, 5.41) is 0.329. The highest BCUT2D eigenvalue weighted by Crippen LogP contribution is 2.29. The molecule has 0 fully saturated rings. The van der Waals surface area contributed by atoms with Crippen molar-refractivity contribution < 1.29 is 4.79 Å². The molecule has 0 amide bonds. The Hall–Kier alpha value is -1.80. The van der Waals surface area contributed by atoms with E-state index in [2.05, 4.69) is 6.07 Å². The summed E-state index contributed by atoms with van der Waals surface area (Å²) in [4.78, 5) is 12.8. The zero-order valence-electron chi connectivity index (χ0n) is 12.2. The Labute approximate surface area is 124 Å². The van der Waals surface area contributed by atoms with Gasteiger partial charge >= 0.3 is 0 Å². The Bertz CT molecular complexity index is 678. The van der Waals surface area contributed by atoms with Gasteiger partial charge in [-0.25, -0.2) is 0 Å². The third-order valence-electron chi connectivity index (χ3n) is 3.87. The van der Waals surface area contributed by atoms with Gasteiger partial charge < -0.3 is 5.73 Å². The van der Waals surface area contributed by atoms with Crippen molar-refractivity contribution in [3.05, 3.63) is 62.7 Å². The molecule has 0 aliphatic heterocycles. The maximum Gasteiger partial charge on any atom is 0.195 e. The molecule has 0 unspecified atom stereocenters. The summed E-state index contributed by atoms with van der Waals surface area (Å²) in [7, 11) is 0. The molecule has 2 aromatic rings. The summed E-state index contributed by atoms with van der Waals surface area (Å²) in [6.07, 6.45) is 0. The summed E-state index contributed by atoms with van der Waals surface area (Å²) in [5.41, 5.74) is 11.6. The van der Waals surface area contributed by atoms with Gasteiger partial charge in [-0.3, -0.25) is 4.79 Å². The van der Waals surface area contributed by atoms with Crippen LogP contribution >= 0.6 is 11.6 Å². The fourth-order valence-corrected chi connectivity index (χ4v) is 2.63. The number of carbonyl (C=O) groups is 1. The molecule has 0 heterocycles. The fraction of sp³-hybridized carbons (Fsp3) is 0.235. The first-order chi connectivity index (χ1) is 9.34. The maximum atomic E-state index is 12.8. The number of carbonyl (C=O) groups excluding carboxylic acids is 1. The van der Waals surface area contributed by atoms with Gasteiger partial charge in [0.25, 0.3) is 0 Å². The van der Waals surface area contributed by atoms with Crippen LogP contribution in [-0.4, -0.2) is 5.78 Å². The minimum Gasteiger partial charge on any atom is -0.398 e. The van der Waals surface area contributed by atoms with Crippen LogP contribution in [0.15, 0.2) is 24.3 Å². The number of ketones is 1. The SMILES string of the molecule is Cc1cc(C)c(C)c(C(=O)c2cccc(N)c2Cl)c1C. The van der Waals surface area contributed by atoms with Gasteiger partial charge in [0.1, 0.15) is 0 Å². The summed E-state index contributed by atoms with van der Waals surface area (Å²) in [6.45, 7) is 7.96. The van der Waals surface area contributed by atoms with Crippen molar-refractivity contribution in [3.8, 4) is 0 Å². The molecule has 0 aliphatic rings. The number of halogens is 1. The number of hydrogen-bond acceptors (Lipinski definition) is 2. The van der Waals surface area contributed by atoms with Gasteiger partial charge in [0.2, 0.25) is 0 Å². The molecule has 0 saturated heterocycles. The summed E-state index contributed by atoms with van der Waals surface area (Å²) < 4.78 is 0. The number of rotatable bonds is 2. The molecule has 0 aliphatic carbocycles. The standard InChI is InChI=1S/C17H18ClNO/c1-9-8-10(2)12(4)15(11(9)3)17(20)13-6-5-7-14(19)16(13)18/h5-8H,19H2,1-4H3. The highest BCUT2D eigenvalue weighted by molar-refractivity contribution is 6.37. The first-order valence-electron chi connectivity index (χ1n) is 6.50. The molecule has 0 aromatic heterocycles. The van der Waals surface area contributed by atoms with E-state index >= 15 is 0 Å². The van der Waals surface area contributed by atoms with Crippen LogP contribution in [0.25, 0.3) is 0 Å². The molecule has 0 radical (unpaired) electrons. The second kappa shape index (κ2) is 5.29. The lowest BCUT2D eigenvalue weighted by Crippen LogP contribution is -2.10. The first kappa shape index (κ1) is 14.6. The first-order valence-corrected chi connectivity index (χ1v) is 6.88. The van der Waals surface area contributed by atoms with Crippen molar-refractivity contribution in [1.82, 2.24) is 0 Å². The highest BCUT2D eigenvalue weighted by Gasteiger charge is 2.20. The molecule has 2 N–H and O–H groups in total. The van der Waals surface area contributed by atoms with E-state index in [1.54, 1.807) is 18.2 Å². The molecule has 0 spiro atoms. The second-order valence-corrected chi connectivity index (χ2v) is 5.55. The molecule has 2 rings (SSSR count). The molecule has 3 heteroatoms. The predicted molar refractivity (Wildman–Crippen MR) is 84.7 cm³/mol. The normalized spacial score (nSPS) is 10.7. The van der Waals surface area contributed by atoms with E-state index in [9.17, 15) is 4.79 Å². The van der Waals surface area contributed by atoms with Crippen LogP contribution in [0.3, 0.4) is 0 Å². The highest BCUT2D eigenvalue weighted by atomic mass is 35.5. The zero-order chi connectivity index (χ0) is 15.0. The van der Waals surface area contributed by atoms with Crippen LogP contribution in [0, 0.1) is 27.7 Å². The largest absolute Gasteiger partial charge is 0.398 e. The summed E-state index contributed by atoms with van der Waals surface area (Å²) in [5.74, 6) is -0.0656. The van der Waals surface area contributed by atoms with Gasteiger partial charge in [-0.2, -0.15) is 0 Å². The predicted octanol–water partition coefficient (Wildman–Crippen LogP) is 4.39. The van der Waals surface area contributed by atoms with Crippen molar-refractivity contribution in [2.45, 2.75) is 27.7 Å². The Morgan fingerprint density at radius 1 is 1.05 bits per heavy atom. The maximum absolute atomic E-state index is 12.8. The van der Waals surface area contributed by atoms with E-state index in [1.807, 2.05) is 27.7 Å². The molecule has 0 bridgehead atoms. The van der Waals surface area contributed by atoms with Crippen molar-refractivity contribution >= 4 is 23.1 Å². The van der Waals surface area contributed by atoms with Gasteiger partial charge in [0.05, 0.1) is 10.7 Å². The van der Waals surface area contributed by atoms with E-state index in [1.165, 1.54) is 0 Å². The van der Waals surface area contributed by atoms with Crippen LogP contribution in [-0.2, 0) is 0 Å². The number of nitrogen functional groups attached to an aromatic ring is 1. The molecule has 0 saturated carbocycles. The van der Waals surface area contributed by atoms with Crippen LogP contribution in [0.2, 0.25) is 5.02 Å². The lowest BCUT2D eigenvalue weighted by molar-refractivity contribution is 0.103. The van der Waals surface area contributed by atoms with Gasteiger partial charge in [-0.15, -0.1) is 0 Å². The summed E-state index contributed by atoms with van der Waals surface area (Å²) >= 11 is 6.18. The average molecular weight is 288 g/mol. The van der Waals surface area contributed by atoms with Crippen LogP contribution in [0.4, 0.5) is 5.69 Å². The minimum atomic E-state index is -0.0656. The van der Waals surface area contributed by atoms with Gasteiger partial charge in [-0.05, 0) is 62.1 Å². The molecule has 2 aromatic carbocycles. The van der Waals surface area contributed by atoms with E-state index < -0.39 is 0 Å². The Morgan fingerprint density at radius 2 is 1.60 bits per heavy atom. The number of hydrogen-bond donors (Lipinski definition) is 1. The Kier molecular flexibility index (Phi) is 3.87. The Morgan fingerprint density at radius 3 is 2.15 bits per heavy atom. The smallest absolute Gasteiger partial charge is 0.195 e. The number of benzene rings is 2. The van der Waals surface area contributed by atoms with Crippen LogP contribution in [0.1, 0.15) is 38.2 Å². The van der Waals surface area contributed by atoms with E-state index in [0.717, 1.165) is 27.8 Å². The third-order valence-corrected chi connectivity index (χ3v) is 4.29. The van der Waals surface area contributed by atoms with E-state index in [-0.39, 0.29) is 5.78 Å². The van der Waals surface area contributed by atoms with Gasteiger partial charge in [-0.1, -0.05) is 23.7 Å².